The van der Waals surface area contributed by atoms with Crippen molar-refractivity contribution in [3.05, 3.63) is 47.9 Å². The number of aldehydes is 1. The largest absolute Gasteiger partial charge is 0.298 e. The predicted octanol–water partition coefficient (Wildman–Crippen LogP) is 1.94. The Morgan fingerprint density at radius 3 is 2.89 bits per heavy atom. The highest BCUT2D eigenvalue weighted by Crippen LogP contribution is 2.19. The molecular formula is C13H10N4O. The number of aromatic nitrogens is 4. The molecule has 0 amide bonds. The normalized spacial score (nSPS) is 10.7. The lowest BCUT2D eigenvalue weighted by atomic mass is 10.2. The summed E-state index contributed by atoms with van der Waals surface area (Å²) in [5.41, 5.74) is 2.08. The van der Waals surface area contributed by atoms with E-state index in [-0.39, 0.29) is 0 Å². The number of hydrogen-bond donors (Lipinski definition) is 0. The first-order valence-electron chi connectivity index (χ1n) is 5.51. The molecule has 3 rings (SSSR count). The van der Waals surface area contributed by atoms with Crippen LogP contribution in [0.25, 0.3) is 16.9 Å². The zero-order valence-corrected chi connectivity index (χ0v) is 9.74. The molecule has 0 aliphatic rings. The summed E-state index contributed by atoms with van der Waals surface area (Å²) in [7, 11) is 0. The Kier molecular flexibility index (Phi) is 2.37. The van der Waals surface area contributed by atoms with Crippen LogP contribution in [0.3, 0.4) is 0 Å². The van der Waals surface area contributed by atoms with Gasteiger partial charge >= 0.3 is 0 Å². The number of aryl methyl sites for hydroxylation is 1. The zero-order valence-electron chi connectivity index (χ0n) is 9.74. The lowest BCUT2D eigenvalue weighted by Gasteiger charge is -2.00. The van der Waals surface area contributed by atoms with E-state index in [9.17, 15) is 4.79 Å². The molecule has 0 saturated heterocycles. The van der Waals surface area contributed by atoms with E-state index in [0.717, 1.165) is 17.4 Å². The summed E-state index contributed by atoms with van der Waals surface area (Å²) in [4.78, 5) is 19.3. The molecule has 0 radical (unpaired) electrons. The fourth-order valence-electron chi connectivity index (χ4n) is 1.86. The minimum absolute atomic E-state index is 0.547. The number of hydrogen-bond acceptors (Lipinski definition) is 4. The molecule has 0 aromatic carbocycles. The molecule has 0 aliphatic heterocycles. The minimum Gasteiger partial charge on any atom is -0.298 e. The van der Waals surface area contributed by atoms with Crippen molar-refractivity contribution in [1.29, 1.82) is 0 Å². The topological polar surface area (TPSA) is 60.7 Å². The van der Waals surface area contributed by atoms with Crippen LogP contribution in [-0.2, 0) is 0 Å². The van der Waals surface area contributed by atoms with Gasteiger partial charge in [0.1, 0.15) is 0 Å². The molecular weight excluding hydrogens is 228 g/mol. The van der Waals surface area contributed by atoms with Crippen molar-refractivity contribution in [2.45, 2.75) is 6.92 Å². The van der Waals surface area contributed by atoms with E-state index in [1.165, 1.54) is 6.20 Å². The summed E-state index contributed by atoms with van der Waals surface area (Å²) in [5.74, 6) is 0.710. The van der Waals surface area contributed by atoms with E-state index in [1.807, 2.05) is 25.1 Å². The van der Waals surface area contributed by atoms with Crippen LogP contribution < -0.4 is 0 Å². The molecule has 0 saturated carbocycles. The van der Waals surface area contributed by atoms with Crippen LogP contribution in [0.15, 0.2) is 36.7 Å². The number of rotatable bonds is 2. The van der Waals surface area contributed by atoms with Crippen molar-refractivity contribution in [2.75, 3.05) is 0 Å². The standard InChI is InChI=1S/C13H10N4O/c1-9-11-6-10(8-18)7-15-13(11)17(16-9)12-4-2-3-5-14-12/h2-8H,1H3. The number of carbonyl (C=O) groups excluding carboxylic acids is 1. The van der Waals surface area contributed by atoms with Gasteiger partial charge in [-0.15, -0.1) is 0 Å². The van der Waals surface area contributed by atoms with Gasteiger partial charge in [-0.3, -0.25) is 4.79 Å². The van der Waals surface area contributed by atoms with Crippen molar-refractivity contribution in [3.63, 3.8) is 0 Å². The van der Waals surface area contributed by atoms with Crippen molar-refractivity contribution in [3.8, 4) is 5.82 Å². The monoisotopic (exact) mass is 238 g/mol. The van der Waals surface area contributed by atoms with Gasteiger partial charge in [-0.25, -0.2) is 9.97 Å². The van der Waals surface area contributed by atoms with Gasteiger partial charge in [0.2, 0.25) is 0 Å². The Labute approximate surface area is 103 Å². The lowest BCUT2D eigenvalue weighted by Crippen LogP contribution is -2.00. The third-order valence-electron chi connectivity index (χ3n) is 2.73. The van der Waals surface area contributed by atoms with E-state index in [0.29, 0.717) is 17.0 Å². The highest BCUT2D eigenvalue weighted by atomic mass is 16.1. The van der Waals surface area contributed by atoms with Gasteiger partial charge in [0.05, 0.1) is 5.69 Å². The molecule has 18 heavy (non-hydrogen) atoms. The van der Waals surface area contributed by atoms with E-state index < -0.39 is 0 Å². The summed E-state index contributed by atoms with van der Waals surface area (Å²) in [6.07, 6.45) is 4.03. The van der Waals surface area contributed by atoms with Gasteiger partial charge in [-0.05, 0) is 25.1 Å². The van der Waals surface area contributed by atoms with Gasteiger partial charge in [0.15, 0.2) is 17.8 Å². The maximum atomic E-state index is 10.8. The number of carbonyl (C=O) groups is 1. The summed E-state index contributed by atoms with van der Waals surface area (Å²) >= 11 is 0. The van der Waals surface area contributed by atoms with Crippen LogP contribution in [-0.4, -0.2) is 26.0 Å². The second-order valence-corrected chi connectivity index (χ2v) is 3.94. The second kappa shape index (κ2) is 4.03. The molecule has 3 aromatic rings. The summed E-state index contributed by atoms with van der Waals surface area (Å²) in [6.45, 7) is 1.89. The van der Waals surface area contributed by atoms with Gasteiger partial charge in [-0.2, -0.15) is 9.78 Å². The smallest absolute Gasteiger partial charge is 0.165 e. The number of fused-ring (bicyclic) bond motifs is 1. The Morgan fingerprint density at radius 2 is 2.17 bits per heavy atom. The minimum atomic E-state index is 0.547. The van der Waals surface area contributed by atoms with Crippen molar-refractivity contribution in [2.24, 2.45) is 0 Å². The summed E-state index contributed by atoms with van der Waals surface area (Å²) in [6, 6.07) is 7.39. The highest BCUT2D eigenvalue weighted by molar-refractivity contribution is 5.86. The van der Waals surface area contributed by atoms with Gasteiger partial charge < -0.3 is 0 Å². The molecule has 0 atom stereocenters. The fourth-order valence-corrected chi connectivity index (χ4v) is 1.86. The Hall–Kier alpha value is -2.56. The third kappa shape index (κ3) is 1.57. The van der Waals surface area contributed by atoms with Gasteiger partial charge in [0, 0.05) is 23.3 Å². The molecule has 0 spiro atoms. The highest BCUT2D eigenvalue weighted by Gasteiger charge is 2.11. The molecule has 0 bridgehead atoms. The molecule has 3 aromatic heterocycles. The van der Waals surface area contributed by atoms with Crippen LogP contribution in [0.5, 0.6) is 0 Å². The zero-order chi connectivity index (χ0) is 12.5. The fraction of sp³-hybridized carbons (Fsp3) is 0.0769. The summed E-state index contributed by atoms with van der Waals surface area (Å²) < 4.78 is 1.68. The van der Waals surface area contributed by atoms with Gasteiger partial charge in [-0.1, -0.05) is 6.07 Å². The average molecular weight is 238 g/mol. The van der Waals surface area contributed by atoms with Crippen molar-refractivity contribution in [1.82, 2.24) is 19.7 Å². The van der Waals surface area contributed by atoms with Crippen LogP contribution in [0.2, 0.25) is 0 Å². The van der Waals surface area contributed by atoms with Crippen molar-refractivity contribution >= 4 is 17.3 Å². The van der Waals surface area contributed by atoms with E-state index in [1.54, 1.807) is 16.9 Å². The molecule has 3 heterocycles. The Morgan fingerprint density at radius 1 is 1.28 bits per heavy atom. The molecule has 5 nitrogen and oxygen atoms in total. The first kappa shape index (κ1) is 10.6. The maximum absolute atomic E-state index is 10.8. The molecule has 0 unspecified atom stereocenters. The van der Waals surface area contributed by atoms with Crippen LogP contribution in [0.4, 0.5) is 0 Å². The van der Waals surface area contributed by atoms with Crippen molar-refractivity contribution < 1.29 is 4.79 Å². The molecule has 5 heteroatoms. The molecule has 0 fully saturated rings. The van der Waals surface area contributed by atoms with Crippen LogP contribution >= 0.6 is 0 Å². The Bertz CT molecular complexity index is 718. The molecule has 0 aliphatic carbocycles. The number of pyridine rings is 2. The SMILES string of the molecule is Cc1nn(-c2ccccn2)c2ncc(C=O)cc12. The van der Waals surface area contributed by atoms with Crippen LogP contribution in [0.1, 0.15) is 16.1 Å². The first-order valence-corrected chi connectivity index (χ1v) is 5.51. The first-order chi connectivity index (χ1) is 8.79. The van der Waals surface area contributed by atoms with E-state index in [4.69, 9.17) is 0 Å². The quantitative estimate of drug-likeness (QED) is 0.640. The van der Waals surface area contributed by atoms with E-state index in [2.05, 4.69) is 15.1 Å². The lowest BCUT2D eigenvalue weighted by molar-refractivity contribution is 0.112. The molecule has 88 valence electrons. The third-order valence-corrected chi connectivity index (χ3v) is 2.73. The predicted molar refractivity (Wildman–Crippen MR) is 66.8 cm³/mol. The Balaban J connectivity index is 2.29. The van der Waals surface area contributed by atoms with E-state index >= 15 is 0 Å². The summed E-state index contributed by atoms with van der Waals surface area (Å²) in [5, 5.41) is 5.28. The van der Waals surface area contributed by atoms with Gasteiger partial charge in [0.25, 0.3) is 0 Å². The van der Waals surface area contributed by atoms with Crippen LogP contribution in [0, 0.1) is 6.92 Å². The number of nitrogens with zero attached hydrogens (tertiary/aromatic N) is 4. The average Bonchev–Trinajstić information content (AvgIpc) is 2.77. The second-order valence-electron chi connectivity index (χ2n) is 3.94. The maximum Gasteiger partial charge on any atom is 0.165 e. The molecule has 0 N–H and O–H groups in total.